The number of allylic oxidation sites excluding steroid dienone is 5. The molecule has 3 aliphatic carbocycles. The van der Waals surface area contributed by atoms with Crippen molar-refractivity contribution >= 4 is 54.5 Å². The van der Waals surface area contributed by atoms with Crippen LogP contribution < -0.4 is 4.90 Å². The van der Waals surface area contributed by atoms with E-state index in [1.807, 2.05) is 11.3 Å². The van der Waals surface area contributed by atoms with E-state index in [2.05, 4.69) is 219 Å². The fraction of sp³-hybridized carbons (Fsp3) is 0.164. The smallest absolute Gasteiger partial charge is 0.0646 e. The van der Waals surface area contributed by atoms with Crippen LogP contribution in [0.25, 0.3) is 54.3 Å². The molecule has 6 aromatic carbocycles. The summed E-state index contributed by atoms with van der Waals surface area (Å²) < 4.78 is 3.75. The molecule has 0 saturated heterocycles. The lowest BCUT2D eigenvalue weighted by molar-refractivity contribution is 0.489. The lowest BCUT2D eigenvalue weighted by Crippen LogP contribution is -2.47. The van der Waals surface area contributed by atoms with Crippen LogP contribution in [0.4, 0.5) is 5.69 Å². The van der Waals surface area contributed by atoms with Crippen molar-refractivity contribution in [3.05, 3.63) is 209 Å². The van der Waals surface area contributed by atoms with Gasteiger partial charge in [0.15, 0.2) is 0 Å². The SMILES string of the molecule is CC1C=C(N(c2ccc(-c3ccc4c(c3)c3ccccc3n4-c3ccccc3)cc2)C2(C)C=CC3=C(C2)C(C)(C)c2ccccc23)C=CC1c1cc2ccccc2s1. The molecule has 0 bridgehead atoms. The summed E-state index contributed by atoms with van der Waals surface area (Å²) in [5, 5.41) is 3.88. The molecule has 8 aromatic rings. The molecule has 2 nitrogen and oxygen atoms in total. The van der Waals surface area contributed by atoms with Gasteiger partial charge in [0.1, 0.15) is 0 Å². The molecule has 3 aliphatic rings. The normalized spacial score (nSPS) is 20.8. The number of hydrogen-bond acceptors (Lipinski definition) is 2. The summed E-state index contributed by atoms with van der Waals surface area (Å²) in [4.78, 5) is 4.06. The Morgan fingerprint density at radius 1 is 0.672 bits per heavy atom. The van der Waals surface area contributed by atoms with Crippen LogP contribution in [0.15, 0.2) is 193 Å². The third kappa shape index (κ3) is 5.44. The number of anilines is 1. The Kier molecular flexibility index (Phi) is 7.97. The highest BCUT2D eigenvalue weighted by Gasteiger charge is 2.44. The molecule has 0 saturated carbocycles. The van der Waals surface area contributed by atoms with Crippen LogP contribution >= 0.6 is 11.3 Å². The van der Waals surface area contributed by atoms with E-state index in [1.54, 1.807) is 0 Å². The second-order valence-electron chi connectivity index (χ2n) is 17.3. The van der Waals surface area contributed by atoms with E-state index < -0.39 is 0 Å². The lowest BCUT2D eigenvalue weighted by Gasteiger charge is -2.46. The third-order valence-corrected chi connectivity index (χ3v) is 14.5. The van der Waals surface area contributed by atoms with Crippen LogP contribution in [0.5, 0.6) is 0 Å². The fourth-order valence-electron chi connectivity index (χ4n) is 10.3. The topological polar surface area (TPSA) is 8.17 Å². The van der Waals surface area contributed by atoms with E-state index >= 15 is 0 Å². The molecule has 0 amide bonds. The van der Waals surface area contributed by atoms with Crippen LogP contribution in [-0.4, -0.2) is 10.1 Å². The highest BCUT2D eigenvalue weighted by atomic mass is 32.1. The van der Waals surface area contributed by atoms with Gasteiger partial charge in [-0.25, -0.2) is 0 Å². The standard InChI is InChI=1S/C55H46N2S/c1-36-32-42(27-28-43(36)53-34-39-14-8-13-21-52(39)58-53)57(55(4)31-30-45-44-17-9-11-19-48(44)54(2,3)49(45)35-55)41-25-22-37(23-26-41)38-24-29-51-47(33-38)46-18-10-12-20-50(46)56(51)40-15-6-5-7-16-40/h5-34,36,43H,35H2,1-4H3. The molecule has 3 atom stereocenters. The van der Waals surface area contributed by atoms with Gasteiger partial charge in [-0.05, 0) is 119 Å². The molecule has 3 unspecified atom stereocenters. The van der Waals surface area contributed by atoms with E-state index in [0.717, 1.165) is 6.42 Å². The maximum absolute atomic E-state index is 2.63. The van der Waals surface area contributed by atoms with E-state index in [1.165, 1.54) is 87.2 Å². The van der Waals surface area contributed by atoms with Crippen molar-refractivity contribution in [2.45, 2.75) is 51.0 Å². The third-order valence-electron chi connectivity index (χ3n) is 13.3. The molecule has 11 rings (SSSR count). The van der Waals surface area contributed by atoms with Crippen molar-refractivity contribution in [3.8, 4) is 16.8 Å². The van der Waals surface area contributed by atoms with Crippen LogP contribution in [0.1, 0.15) is 56.0 Å². The monoisotopic (exact) mass is 766 g/mol. The average Bonchev–Trinajstić information content (AvgIpc) is 3.89. The molecule has 0 aliphatic heterocycles. The Bertz CT molecular complexity index is 3010. The summed E-state index contributed by atoms with van der Waals surface area (Å²) in [7, 11) is 0. The molecular formula is C55H46N2S. The molecule has 282 valence electrons. The zero-order valence-electron chi connectivity index (χ0n) is 33.5. The number of nitrogens with zero attached hydrogens (tertiary/aromatic N) is 2. The molecule has 2 heterocycles. The maximum Gasteiger partial charge on any atom is 0.0646 e. The van der Waals surface area contributed by atoms with Gasteiger partial charge in [-0.3, -0.25) is 0 Å². The summed E-state index contributed by atoms with van der Waals surface area (Å²) in [5.74, 6) is 0.693. The van der Waals surface area contributed by atoms with Gasteiger partial charge in [0, 0.05) is 48.8 Å². The van der Waals surface area contributed by atoms with Crippen LogP contribution in [0.2, 0.25) is 0 Å². The van der Waals surface area contributed by atoms with Gasteiger partial charge in [-0.2, -0.15) is 0 Å². The summed E-state index contributed by atoms with van der Waals surface area (Å²) in [6.07, 6.45) is 13.2. The fourth-order valence-corrected chi connectivity index (χ4v) is 11.6. The summed E-state index contributed by atoms with van der Waals surface area (Å²) in [6, 6.07) is 56.0. The number of aromatic nitrogens is 1. The molecule has 2 aromatic heterocycles. The first kappa shape index (κ1) is 35.0. The van der Waals surface area contributed by atoms with Crippen LogP contribution in [-0.2, 0) is 5.41 Å². The van der Waals surface area contributed by atoms with Gasteiger partial charge in [-0.15, -0.1) is 11.3 Å². The van der Waals surface area contributed by atoms with Gasteiger partial charge in [-0.1, -0.05) is 142 Å². The minimum absolute atomic E-state index is 0.0356. The summed E-state index contributed by atoms with van der Waals surface area (Å²) in [5.41, 5.74) is 14.0. The van der Waals surface area contributed by atoms with Crippen molar-refractivity contribution < 1.29 is 0 Å². The predicted molar refractivity (Wildman–Crippen MR) is 248 cm³/mol. The zero-order chi connectivity index (χ0) is 39.2. The van der Waals surface area contributed by atoms with Gasteiger partial charge in [0.2, 0.25) is 0 Å². The second kappa shape index (κ2) is 13.2. The molecule has 0 spiro atoms. The Balaban J connectivity index is 0.985. The Labute approximate surface area is 345 Å². The van der Waals surface area contributed by atoms with Gasteiger partial charge in [0.25, 0.3) is 0 Å². The molecule has 0 N–H and O–H groups in total. The maximum atomic E-state index is 2.63. The number of thiophene rings is 1. The quantitative estimate of drug-likeness (QED) is 0.164. The first-order valence-electron chi connectivity index (χ1n) is 20.7. The van der Waals surface area contributed by atoms with E-state index in [9.17, 15) is 0 Å². The number of fused-ring (bicyclic) bond motifs is 6. The highest BCUT2D eigenvalue weighted by Crippen LogP contribution is 2.54. The summed E-state index contributed by atoms with van der Waals surface area (Å²) >= 11 is 1.93. The lowest BCUT2D eigenvalue weighted by atomic mass is 9.73. The second-order valence-corrected chi connectivity index (χ2v) is 18.4. The number of rotatable bonds is 6. The molecule has 58 heavy (non-hydrogen) atoms. The Morgan fingerprint density at radius 3 is 2.22 bits per heavy atom. The van der Waals surface area contributed by atoms with Gasteiger partial charge in [0.05, 0.1) is 16.6 Å². The van der Waals surface area contributed by atoms with E-state index in [-0.39, 0.29) is 11.0 Å². The predicted octanol–water partition coefficient (Wildman–Crippen LogP) is 14.8. The van der Waals surface area contributed by atoms with Crippen molar-refractivity contribution in [1.82, 2.24) is 4.57 Å². The van der Waals surface area contributed by atoms with Crippen molar-refractivity contribution in [2.75, 3.05) is 4.90 Å². The van der Waals surface area contributed by atoms with Crippen LogP contribution in [0, 0.1) is 5.92 Å². The number of hydrogen-bond donors (Lipinski definition) is 0. The van der Waals surface area contributed by atoms with Crippen LogP contribution in [0.3, 0.4) is 0 Å². The van der Waals surface area contributed by atoms with E-state index in [0.29, 0.717) is 11.8 Å². The number of benzene rings is 6. The molecule has 0 radical (unpaired) electrons. The average molecular weight is 767 g/mol. The van der Waals surface area contributed by atoms with Crippen molar-refractivity contribution in [3.63, 3.8) is 0 Å². The largest absolute Gasteiger partial charge is 0.332 e. The van der Waals surface area contributed by atoms with Gasteiger partial charge >= 0.3 is 0 Å². The first-order valence-corrected chi connectivity index (χ1v) is 21.5. The summed E-state index contributed by atoms with van der Waals surface area (Å²) in [6.45, 7) is 9.66. The highest BCUT2D eigenvalue weighted by molar-refractivity contribution is 7.19. The van der Waals surface area contributed by atoms with Crippen molar-refractivity contribution in [2.24, 2.45) is 5.92 Å². The molecule has 3 heteroatoms. The minimum Gasteiger partial charge on any atom is -0.332 e. The Hall–Kier alpha value is -6.16. The zero-order valence-corrected chi connectivity index (χ0v) is 34.3. The van der Waals surface area contributed by atoms with Crippen molar-refractivity contribution in [1.29, 1.82) is 0 Å². The molecule has 0 fully saturated rings. The number of para-hydroxylation sites is 2. The van der Waals surface area contributed by atoms with E-state index in [4.69, 9.17) is 0 Å². The molecular weight excluding hydrogens is 721 g/mol. The van der Waals surface area contributed by atoms with Gasteiger partial charge < -0.3 is 9.47 Å². The minimum atomic E-state index is -0.280. The first-order chi connectivity index (χ1) is 28.3. The Morgan fingerprint density at radius 2 is 1.40 bits per heavy atom.